The first-order valence-corrected chi connectivity index (χ1v) is 10.3. The minimum Gasteiger partial charge on any atom is -0.457 e. The summed E-state index contributed by atoms with van der Waals surface area (Å²) in [5.74, 6) is -0.697. The van der Waals surface area contributed by atoms with Gasteiger partial charge in [-0.25, -0.2) is 13.2 Å². The van der Waals surface area contributed by atoms with E-state index in [1.54, 1.807) is 25.1 Å². The second-order valence-electron chi connectivity index (χ2n) is 6.52. The molecule has 1 heterocycles. The van der Waals surface area contributed by atoms with Gasteiger partial charge in [0.1, 0.15) is 12.4 Å². The molecule has 28 heavy (non-hydrogen) atoms. The Balaban J connectivity index is 1.75. The first-order chi connectivity index (χ1) is 13.2. The molecular formula is C19H19F2NO5S. The molecule has 1 aliphatic rings. The zero-order chi connectivity index (χ0) is 20.5. The second kappa shape index (κ2) is 7.75. The van der Waals surface area contributed by atoms with E-state index in [0.717, 1.165) is 11.8 Å². The third-order valence-electron chi connectivity index (χ3n) is 4.37. The number of ether oxygens (including phenoxy) is 2. The molecule has 9 heteroatoms. The molecule has 0 spiro atoms. The van der Waals surface area contributed by atoms with Crippen LogP contribution in [-0.4, -0.2) is 33.3 Å². The lowest BCUT2D eigenvalue weighted by molar-refractivity contribution is -0.0510. The maximum atomic E-state index is 12.5. The van der Waals surface area contributed by atoms with Crippen molar-refractivity contribution in [1.29, 1.82) is 0 Å². The summed E-state index contributed by atoms with van der Waals surface area (Å²) in [5.41, 5.74) is 1.85. The SMILES string of the molecule is CC1Cc2cc(C(=O)OCc3ccccc3OC(F)F)ccc2N1S(C)(=O)=O. The van der Waals surface area contributed by atoms with E-state index in [1.807, 2.05) is 0 Å². The van der Waals surface area contributed by atoms with E-state index in [4.69, 9.17) is 4.74 Å². The van der Waals surface area contributed by atoms with Crippen LogP contribution in [0, 0.1) is 0 Å². The number of halogens is 2. The summed E-state index contributed by atoms with van der Waals surface area (Å²) in [6.07, 6.45) is 1.62. The summed E-state index contributed by atoms with van der Waals surface area (Å²) in [6.45, 7) is -1.42. The lowest BCUT2D eigenvalue weighted by atomic mass is 10.1. The van der Waals surface area contributed by atoms with Crippen LogP contribution in [0.1, 0.15) is 28.4 Å². The highest BCUT2D eigenvalue weighted by molar-refractivity contribution is 7.92. The van der Waals surface area contributed by atoms with Gasteiger partial charge in [-0.3, -0.25) is 4.31 Å². The number of alkyl halides is 2. The molecule has 0 amide bonds. The molecule has 2 aromatic rings. The molecule has 0 aliphatic carbocycles. The lowest BCUT2D eigenvalue weighted by Crippen LogP contribution is -2.34. The molecule has 0 radical (unpaired) electrons. The van der Waals surface area contributed by atoms with Gasteiger partial charge in [-0.2, -0.15) is 8.78 Å². The van der Waals surface area contributed by atoms with E-state index in [9.17, 15) is 22.0 Å². The molecule has 0 saturated heterocycles. The molecule has 3 rings (SSSR count). The van der Waals surface area contributed by atoms with E-state index in [-0.39, 0.29) is 24.0 Å². The highest BCUT2D eigenvalue weighted by atomic mass is 32.2. The van der Waals surface area contributed by atoms with Gasteiger partial charge in [0.05, 0.1) is 17.5 Å². The van der Waals surface area contributed by atoms with Crippen molar-refractivity contribution in [2.24, 2.45) is 0 Å². The molecule has 0 saturated carbocycles. The topological polar surface area (TPSA) is 72.9 Å². The van der Waals surface area contributed by atoms with Crippen LogP contribution in [-0.2, 0) is 27.8 Å². The average molecular weight is 411 g/mol. The molecule has 1 unspecified atom stereocenters. The third kappa shape index (κ3) is 4.24. The zero-order valence-corrected chi connectivity index (χ0v) is 16.1. The molecular weight excluding hydrogens is 392 g/mol. The minimum absolute atomic E-state index is 0.0585. The number of nitrogens with zero attached hydrogens (tertiary/aromatic N) is 1. The molecule has 2 aromatic carbocycles. The van der Waals surface area contributed by atoms with Crippen molar-refractivity contribution in [1.82, 2.24) is 0 Å². The number of para-hydroxylation sites is 1. The Bertz CT molecular complexity index is 994. The fourth-order valence-electron chi connectivity index (χ4n) is 3.30. The largest absolute Gasteiger partial charge is 0.457 e. The van der Waals surface area contributed by atoms with Crippen LogP contribution in [0.5, 0.6) is 5.75 Å². The summed E-state index contributed by atoms with van der Waals surface area (Å²) in [5, 5.41) is 0. The Morgan fingerprint density at radius 2 is 1.96 bits per heavy atom. The van der Waals surface area contributed by atoms with E-state index in [0.29, 0.717) is 17.7 Å². The monoisotopic (exact) mass is 411 g/mol. The van der Waals surface area contributed by atoms with Gasteiger partial charge >= 0.3 is 12.6 Å². The first-order valence-electron chi connectivity index (χ1n) is 8.49. The van der Waals surface area contributed by atoms with Gasteiger partial charge in [0.15, 0.2) is 0 Å². The average Bonchev–Trinajstić information content (AvgIpc) is 2.95. The number of hydrogen-bond donors (Lipinski definition) is 0. The number of fused-ring (bicyclic) bond motifs is 1. The molecule has 0 N–H and O–H groups in total. The van der Waals surface area contributed by atoms with E-state index < -0.39 is 22.6 Å². The van der Waals surface area contributed by atoms with Crippen LogP contribution in [0.2, 0.25) is 0 Å². The second-order valence-corrected chi connectivity index (χ2v) is 8.38. The number of sulfonamides is 1. The third-order valence-corrected chi connectivity index (χ3v) is 5.64. The zero-order valence-electron chi connectivity index (χ0n) is 15.3. The quantitative estimate of drug-likeness (QED) is 0.682. The van der Waals surface area contributed by atoms with E-state index >= 15 is 0 Å². The van der Waals surface area contributed by atoms with E-state index in [1.165, 1.54) is 28.6 Å². The maximum absolute atomic E-state index is 12.5. The van der Waals surface area contributed by atoms with Crippen molar-refractivity contribution >= 4 is 21.7 Å². The smallest absolute Gasteiger partial charge is 0.387 e. The number of benzene rings is 2. The lowest BCUT2D eigenvalue weighted by Gasteiger charge is -2.21. The summed E-state index contributed by atoms with van der Waals surface area (Å²) in [6, 6.07) is 10.5. The molecule has 0 bridgehead atoms. The fraction of sp³-hybridized carbons (Fsp3) is 0.316. The van der Waals surface area contributed by atoms with Crippen molar-refractivity contribution in [3.05, 3.63) is 59.2 Å². The number of carbonyl (C=O) groups excluding carboxylic acids is 1. The summed E-state index contributed by atoms with van der Waals surface area (Å²) in [4.78, 5) is 12.4. The number of carbonyl (C=O) groups is 1. The predicted octanol–water partition coefficient (Wildman–Crippen LogP) is 3.36. The van der Waals surface area contributed by atoms with Crippen molar-refractivity contribution < 1.29 is 31.5 Å². The fourth-order valence-corrected chi connectivity index (χ4v) is 4.56. The molecule has 0 fully saturated rings. The normalized spacial score (nSPS) is 16.2. The Morgan fingerprint density at radius 3 is 2.64 bits per heavy atom. The molecule has 0 aromatic heterocycles. The molecule has 6 nitrogen and oxygen atoms in total. The van der Waals surface area contributed by atoms with Crippen molar-refractivity contribution in [3.63, 3.8) is 0 Å². The summed E-state index contributed by atoms with van der Waals surface area (Å²) < 4.78 is 59.8. The maximum Gasteiger partial charge on any atom is 0.387 e. The first kappa shape index (κ1) is 20.1. The summed E-state index contributed by atoms with van der Waals surface area (Å²) in [7, 11) is -3.42. The van der Waals surface area contributed by atoms with Gasteiger partial charge in [-0.1, -0.05) is 18.2 Å². The van der Waals surface area contributed by atoms with Crippen molar-refractivity contribution in [3.8, 4) is 5.75 Å². The predicted molar refractivity (Wildman–Crippen MR) is 99.1 cm³/mol. The molecule has 1 atom stereocenters. The van der Waals surface area contributed by atoms with E-state index in [2.05, 4.69) is 4.74 Å². The Morgan fingerprint density at radius 1 is 1.25 bits per heavy atom. The number of hydrogen-bond acceptors (Lipinski definition) is 5. The minimum atomic E-state index is -3.42. The van der Waals surface area contributed by atoms with Gasteiger partial charge in [0, 0.05) is 11.6 Å². The number of esters is 1. The van der Waals surface area contributed by atoms with Crippen molar-refractivity contribution in [2.45, 2.75) is 32.6 Å². The van der Waals surface area contributed by atoms with Gasteiger partial charge in [0.25, 0.3) is 0 Å². The van der Waals surface area contributed by atoms with Gasteiger partial charge in [-0.05, 0) is 43.2 Å². The molecule has 1 aliphatic heterocycles. The van der Waals surface area contributed by atoms with Crippen LogP contribution in [0.3, 0.4) is 0 Å². The van der Waals surface area contributed by atoms with Gasteiger partial charge in [-0.15, -0.1) is 0 Å². The Hall–Kier alpha value is -2.68. The summed E-state index contributed by atoms with van der Waals surface area (Å²) >= 11 is 0. The van der Waals surface area contributed by atoms with Crippen LogP contribution < -0.4 is 9.04 Å². The van der Waals surface area contributed by atoms with Crippen LogP contribution >= 0.6 is 0 Å². The van der Waals surface area contributed by atoms with Crippen LogP contribution in [0.15, 0.2) is 42.5 Å². The Kier molecular flexibility index (Phi) is 5.55. The van der Waals surface area contributed by atoms with Gasteiger partial charge in [0.2, 0.25) is 10.0 Å². The number of anilines is 1. The van der Waals surface area contributed by atoms with Crippen LogP contribution in [0.25, 0.3) is 0 Å². The highest BCUT2D eigenvalue weighted by Crippen LogP contribution is 2.35. The molecule has 150 valence electrons. The number of rotatable bonds is 6. The van der Waals surface area contributed by atoms with Crippen LogP contribution in [0.4, 0.5) is 14.5 Å². The van der Waals surface area contributed by atoms with Gasteiger partial charge < -0.3 is 9.47 Å². The van der Waals surface area contributed by atoms with Crippen molar-refractivity contribution in [2.75, 3.05) is 10.6 Å². The highest BCUT2D eigenvalue weighted by Gasteiger charge is 2.32. The standard InChI is InChI=1S/C19H19F2NO5S/c1-12-9-15-10-13(7-8-16(15)22(12)28(2,24)25)18(23)26-11-14-5-3-4-6-17(14)27-19(20)21/h3-8,10,12,19H,9,11H2,1-2H3. The Labute approximate surface area is 161 Å².